The van der Waals surface area contributed by atoms with Gasteiger partial charge in [0.05, 0.1) is 24.6 Å². The molecule has 0 aliphatic heterocycles. The van der Waals surface area contributed by atoms with Crippen LogP contribution in [0.1, 0.15) is 10.4 Å². The van der Waals surface area contributed by atoms with Gasteiger partial charge in [-0.2, -0.15) is 0 Å². The van der Waals surface area contributed by atoms with Gasteiger partial charge in [-0.3, -0.25) is 4.79 Å². The van der Waals surface area contributed by atoms with E-state index in [4.69, 9.17) is 16.3 Å². The molecule has 6 heteroatoms. The van der Waals surface area contributed by atoms with Crippen LogP contribution in [0.4, 0.5) is 5.69 Å². The molecule has 1 N–H and O–H groups in total. The lowest BCUT2D eigenvalue weighted by molar-refractivity contribution is 0.102. The fourth-order valence-electron chi connectivity index (χ4n) is 1.50. The van der Waals surface area contributed by atoms with Crippen molar-refractivity contribution < 1.29 is 9.53 Å². The van der Waals surface area contributed by atoms with Gasteiger partial charge < -0.3 is 10.1 Å². The molecule has 1 aromatic heterocycles. The van der Waals surface area contributed by atoms with Crippen molar-refractivity contribution in [1.29, 1.82) is 0 Å². The van der Waals surface area contributed by atoms with E-state index in [0.29, 0.717) is 26.6 Å². The molecule has 2 rings (SSSR count). The number of halogens is 2. The van der Waals surface area contributed by atoms with Gasteiger partial charge in [0, 0.05) is 5.02 Å². The second kappa shape index (κ2) is 6.04. The summed E-state index contributed by atoms with van der Waals surface area (Å²) in [5.41, 5.74) is 1.01. The summed E-state index contributed by atoms with van der Waals surface area (Å²) in [5.74, 6) is 0.146. The van der Waals surface area contributed by atoms with Crippen LogP contribution in [-0.4, -0.2) is 18.0 Å². The number of pyridine rings is 1. The number of rotatable bonds is 3. The first kappa shape index (κ1) is 13.8. The number of methoxy groups -OCH3 is 1. The van der Waals surface area contributed by atoms with E-state index >= 15 is 0 Å². The number of carbonyl (C=O) groups is 1. The number of nitrogens with zero attached hydrogens (tertiary/aromatic N) is 1. The minimum atomic E-state index is -0.280. The summed E-state index contributed by atoms with van der Waals surface area (Å²) in [4.78, 5) is 16.1. The lowest BCUT2D eigenvalue weighted by Crippen LogP contribution is -2.13. The zero-order valence-electron chi connectivity index (χ0n) is 9.98. The summed E-state index contributed by atoms with van der Waals surface area (Å²) in [6.45, 7) is 0. The molecular weight excluding hydrogens is 332 g/mol. The van der Waals surface area contributed by atoms with Crippen LogP contribution >= 0.6 is 27.5 Å². The summed E-state index contributed by atoms with van der Waals surface area (Å²) < 4.78 is 5.84. The van der Waals surface area contributed by atoms with Crippen molar-refractivity contribution in [2.45, 2.75) is 0 Å². The lowest BCUT2D eigenvalue weighted by Gasteiger charge is -2.09. The molecule has 0 bridgehead atoms. The van der Waals surface area contributed by atoms with Crippen LogP contribution in [0.2, 0.25) is 5.02 Å². The molecule has 1 heterocycles. The Labute approximate surface area is 123 Å². The van der Waals surface area contributed by atoms with Crippen LogP contribution in [-0.2, 0) is 0 Å². The molecule has 1 amide bonds. The summed E-state index contributed by atoms with van der Waals surface area (Å²) in [6, 6.07) is 8.34. The van der Waals surface area contributed by atoms with Crippen LogP contribution in [0.5, 0.6) is 5.75 Å². The number of aromatic nitrogens is 1. The smallest absolute Gasteiger partial charge is 0.259 e. The van der Waals surface area contributed by atoms with E-state index in [1.807, 2.05) is 0 Å². The number of hydrogen-bond acceptors (Lipinski definition) is 3. The van der Waals surface area contributed by atoms with Crippen LogP contribution in [0.25, 0.3) is 0 Å². The first-order valence-corrected chi connectivity index (χ1v) is 6.53. The molecule has 1 aromatic carbocycles. The maximum absolute atomic E-state index is 12.1. The van der Waals surface area contributed by atoms with E-state index < -0.39 is 0 Å². The Morgan fingerprint density at radius 3 is 2.79 bits per heavy atom. The number of nitrogens with one attached hydrogen (secondary N) is 1. The zero-order valence-corrected chi connectivity index (χ0v) is 12.3. The fourth-order valence-corrected chi connectivity index (χ4v) is 1.90. The minimum absolute atomic E-state index is 0.280. The highest BCUT2D eigenvalue weighted by Gasteiger charge is 2.12. The number of benzene rings is 1. The van der Waals surface area contributed by atoms with Crippen molar-refractivity contribution in [3.63, 3.8) is 0 Å². The second-order valence-electron chi connectivity index (χ2n) is 3.67. The summed E-state index contributed by atoms with van der Waals surface area (Å²) >= 11 is 9.08. The number of ether oxygens (including phenoxy) is 1. The standard InChI is InChI=1S/C13H10BrClN2O2/c1-19-11-6-8(15)2-4-10(11)13(18)17-9-3-5-12(14)16-7-9/h2-7H,1H3,(H,17,18). The predicted molar refractivity (Wildman–Crippen MR) is 77.9 cm³/mol. The third-order valence-corrected chi connectivity index (χ3v) is 3.10. The Hall–Kier alpha value is -1.59. The molecule has 2 aromatic rings. The molecule has 0 spiro atoms. The summed E-state index contributed by atoms with van der Waals surface area (Å²) in [5, 5.41) is 3.25. The Morgan fingerprint density at radius 2 is 2.16 bits per heavy atom. The minimum Gasteiger partial charge on any atom is -0.496 e. The Kier molecular flexibility index (Phi) is 4.39. The normalized spacial score (nSPS) is 10.1. The average molecular weight is 342 g/mol. The van der Waals surface area contributed by atoms with Crippen molar-refractivity contribution in [3.05, 3.63) is 51.7 Å². The van der Waals surface area contributed by atoms with Gasteiger partial charge in [-0.05, 0) is 46.3 Å². The number of anilines is 1. The quantitative estimate of drug-likeness (QED) is 0.865. The Balaban J connectivity index is 2.22. The number of carbonyl (C=O) groups excluding carboxylic acids is 1. The van der Waals surface area contributed by atoms with Gasteiger partial charge in [0.2, 0.25) is 0 Å². The molecule has 0 fully saturated rings. The molecule has 0 saturated heterocycles. The third kappa shape index (κ3) is 3.45. The van der Waals surface area contributed by atoms with Crippen molar-refractivity contribution in [2.24, 2.45) is 0 Å². The van der Waals surface area contributed by atoms with E-state index in [9.17, 15) is 4.79 Å². The topological polar surface area (TPSA) is 51.2 Å². The van der Waals surface area contributed by atoms with E-state index in [0.717, 1.165) is 0 Å². The fraction of sp³-hybridized carbons (Fsp3) is 0.0769. The SMILES string of the molecule is COc1cc(Cl)ccc1C(=O)Nc1ccc(Br)nc1. The van der Waals surface area contributed by atoms with E-state index in [1.165, 1.54) is 7.11 Å². The first-order chi connectivity index (χ1) is 9.10. The average Bonchev–Trinajstić information content (AvgIpc) is 2.41. The van der Waals surface area contributed by atoms with Crippen LogP contribution in [0, 0.1) is 0 Å². The van der Waals surface area contributed by atoms with Gasteiger partial charge in [0.25, 0.3) is 5.91 Å². The third-order valence-electron chi connectivity index (χ3n) is 2.39. The molecule has 98 valence electrons. The van der Waals surface area contributed by atoms with Crippen molar-refractivity contribution >= 4 is 39.1 Å². The van der Waals surface area contributed by atoms with Crippen molar-refractivity contribution in [1.82, 2.24) is 4.98 Å². The largest absolute Gasteiger partial charge is 0.496 e. The number of hydrogen-bond donors (Lipinski definition) is 1. The van der Waals surface area contributed by atoms with Gasteiger partial charge in [0.1, 0.15) is 10.4 Å². The molecule has 0 saturated carbocycles. The molecule has 4 nitrogen and oxygen atoms in total. The Morgan fingerprint density at radius 1 is 1.37 bits per heavy atom. The molecule has 19 heavy (non-hydrogen) atoms. The molecule has 0 aliphatic carbocycles. The monoisotopic (exact) mass is 340 g/mol. The van der Waals surface area contributed by atoms with Gasteiger partial charge in [0.15, 0.2) is 0 Å². The van der Waals surface area contributed by atoms with Gasteiger partial charge >= 0.3 is 0 Å². The van der Waals surface area contributed by atoms with Gasteiger partial charge in [-0.15, -0.1) is 0 Å². The molecule has 0 atom stereocenters. The van der Waals surface area contributed by atoms with Crippen LogP contribution in [0.15, 0.2) is 41.1 Å². The van der Waals surface area contributed by atoms with Crippen molar-refractivity contribution in [3.8, 4) is 5.75 Å². The van der Waals surface area contributed by atoms with E-state index in [1.54, 1.807) is 36.5 Å². The van der Waals surface area contributed by atoms with Crippen molar-refractivity contribution in [2.75, 3.05) is 12.4 Å². The summed E-state index contributed by atoms with van der Waals surface area (Å²) in [6.07, 6.45) is 1.56. The highest BCUT2D eigenvalue weighted by Crippen LogP contribution is 2.24. The predicted octanol–water partition coefficient (Wildman–Crippen LogP) is 3.76. The maximum Gasteiger partial charge on any atom is 0.259 e. The van der Waals surface area contributed by atoms with E-state index in [2.05, 4.69) is 26.2 Å². The van der Waals surface area contributed by atoms with Crippen LogP contribution < -0.4 is 10.1 Å². The molecule has 0 unspecified atom stereocenters. The lowest BCUT2D eigenvalue weighted by atomic mass is 10.2. The maximum atomic E-state index is 12.1. The zero-order chi connectivity index (χ0) is 13.8. The molecular formula is C13H10BrClN2O2. The Bertz CT molecular complexity index is 602. The highest BCUT2D eigenvalue weighted by molar-refractivity contribution is 9.10. The number of amides is 1. The summed E-state index contributed by atoms with van der Waals surface area (Å²) in [7, 11) is 1.49. The van der Waals surface area contributed by atoms with Crippen LogP contribution in [0.3, 0.4) is 0 Å². The second-order valence-corrected chi connectivity index (χ2v) is 4.92. The molecule has 0 radical (unpaired) electrons. The highest BCUT2D eigenvalue weighted by atomic mass is 79.9. The first-order valence-electron chi connectivity index (χ1n) is 5.36. The van der Waals surface area contributed by atoms with Gasteiger partial charge in [-0.1, -0.05) is 11.6 Å². The van der Waals surface area contributed by atoms with Gasteiger partial charge in [-0.25, -0.2) is 4.98 Å². The molecule has 0 aliphatic rings. The van der Waals surface area contributed by atoms with E-state index in [-0.39, 0.29) is 5.91 Å².